The minimum atomic E-state index is 0.401. The fourth-order valence-electron chi connectivity index (χ4n) is 5.16. The Hall–Kier alpha value is 0.640. The summed E-state index contributed by atoms with van der Waals surface area (Å²) in [6.45, 7) is 2.48. The van der Waals surface area contributed by atoms with Gasteiger partial charge in [-0.25, -0.2) is 0 Å². The lowest BCUT2D eigenvalue weighted by Crippen LogP contribution is -2.35. The van der Waals surface area contributed by atoms with Crippen molar-refractivity contribution in [1.82, 2.24) is 0 Å². The highest BCUT2D eigenvalue weighted by molar-refractivity contribution is 8.22. The van der Waals surface area contributed by atoms with E-state index in [1.165, 1.54) is 51.4 Å². The van der Waals surface area contributed by atoms with Crippen molar-refractivity contribution in [3.8, 4) is 0 Å². The summed E-state index contributed by atoms with van der Waals surface area (Å²) in [5, 5.41) is 0. The third-order valence-corrected chi connectivity index (χ3v) is 7.76. The number of hydrogen-bond donors (Lipinski definition) is 0. The maximum atomic E-state index is 6.31. The molecule has 0 aromatic carbocycles. The number of hydrogen-bond acceptors (Lipinski definition) is 1. The first-order chi connectivity index (χ1) is 7.77. The Kier molecular flexibility index (Phi) is 3.21. The van der Waals surface area contributed by atoms with Gasteiger partial charge in [0.2, 0.25) is 0 Å². The van der Waals surface area contributed by atoms with E-state index in [1.54, 1.807) is 11.0 Å². The summed E-state index contributed by atoms with van der Waals surface area (Å²) < 4.78 is 0.401. The van der Waals surface area contributed by atoms with Crippen molar-refractivity contribution >= 4 is 21.7 Å². The van der Waals surface area contributed by atoms with Crippen LogP contribution in [-0.2, 0) is 0 Å². The van der Waals surface area contributed by atoms with E-state index in [9.17, 15) is 0 Å². The van der Waals surface area contributed by atoms with Crippen LogP contribution in [0.2, 0.25) is 0 Å². The second-order valence-electron chi connectivity index (χ2n) is 6.37. The van der Waals surface area contributed by atoms with E-state index in [0.717, 1.165) is 23.7 Å². The van der Waals surface area contributed by atoms with Gasteiger partial charge in [0.05, 0.1) is 0 Å². The van der Waals surface area contributed by atoms with Gasteiger partial charge < -0.3 is 0 Å². The lowest BCUT2D eigenvalue weighted by Gasteiger charge is -2.37. The van der Waals surface area contributed by atoms with Crippen molar-refractivity contribution in [2.24, 2.45) is 23.7 Å². The van der Waals surface area contributed by atoms with Gasteiger partial charge in [0.1, 0.15) is 0 Å². The molecule has 4 atom stereocenters. The van der Waals surface area contributed by atoms with Gasteiger partial charge in [-0.2, -0.15) is 0 Å². The third kappa shape index (κ3) is 1.57. The van der Waals surface area contributed by atoms with Crippen molar-refractivity contribution in [1.29, 1.82) is 0 Å². The highest BCUT2D eigenvalue weighted by Crippen LogP contribution is 2.64. The first kappa shape index (κ1) is 11.7. The summed E-state index contributed by atoms with van der Waals surface area (Å²) in [5.74, 6) is 3.90. The predicted octanol–water partition coefficient (Wildman–Crippen LogP) is 5.26. The predicted molar refractivity (Wildman–Crippen MR) is 72.7 cm³/mol. The molecule has 0 bridgehead atoms. The van der Waals surface area contributed by atoms with Crippen LogP contribution < -0.4 is 0 Å². The molecule has 0 saturated heterocycles. The summed E-state index contributed by atoms with van der Waals surface area (Å²) in [6.07, 6.45) is 11.8. The molecule has 16 heavy (non-hydrogen) atoms. The summed E-state index contributed by atoms with van der Waals surface area (Å²) >= 11 is 0. The van der Waals surface area contributed by atoms with E-state index in [2.05, 4.69) is 6.92 Å². The molecule has 3 aliphatic carbocycles. The molecule has 2 heteroatoms. The Morgan fingerprint density at radius 1 is 0.875 bits per heavy atom. The molecular formula is C14H23ClS. The van der Waals surface area contributed by atoms with Crippen LogP contribution in [0.15, 0.2) is 0 Å². The lowest BCUT2D eigenvalue weighted by molar-refractivity contribution is 0.184. The van der Waals surface area contributed by atoms with Crippen molar-refractivity contribution in [2.45, 2.75) is 63.0 Å². The van der Waals surface area contributed by atoms with E-state index in [4.69, 9.17) is 10.7 Å². The number of rotatable bonds is 1. The first-order valence-corrected chi connectivity index (χ1v) is 8.71. The van der Waals surface area contributed by atoms with Crippen LogP contribution in [0.4, 0.5) is 0 Å². The topological polar surface area (TPSA) is 0 Å². The summed E-state index contributed by atoms with van der Waals surface area (Å²) in [5.41, 5.74) is 0. The second kappa shape index (κ2) is 4.39. The van der Waals surface area contributed by atoms with Crippen LogP contribution in [0.5, 0.6) is 0 Å². The Morgan fingerprint density at radius 2 is 1.31 bits per heavy atom. The van der Waals surface area contributed by atoms with Crippen LogP contribution in [0.1, 0.15) is 58.3 Å². The Bertz CT molecular complexity index is 243. The van der Waals surface area contributed by atoms with Crippen LogP contribution in [0.3, 0.4) is 0 Å². The molecule has 0 nitrogen and oxygen atoms in total. The highest BCUT2D eigenvalue weighted by Gasteiger charge is 2.57. The molecule has 0 N–H and O–H groups in total. The van der Waals surface area contributed by atoms with E-state index >= 15 is 0 Å². The van der Waals surface area contributed by atoms with Gasteiger partial charge in [0, 0.05) is 4.75 Å². The molecule has 0 spiro atoms. The zero-order valence-corrected chi connectivity index (χ0v) is 11.8. The molecule has 0 amide bonds. The Morgan fingerprint density at radius 3 is 1.75 bits per heavy atom. The maximum absolute atomic E-state index is 6.31. The average Bonchev–Trinajstić information content (AvgIpc) is 2.62. The van der Waals surface area contributed by atoms with Crippen molar-refractivity contribution in [2.75, 3.05) is 0 Å². The molecule has 0 aromatic rings. The normalized spacial score (nSPS) is 52.1. The first-order valence-electron chi connectivity index (χ1n) is 7.07. The minimum Gasteiger partial charge on any atom is -0.0530 e. The molecular weight excluding hydrogens is 236 g/mol. The molecule has 0 aliphatic heterocycles. The zero-order chi connectivity index (χ0) is 11.2. The lowest BCUT2D eigenvalue weighted by atomic mass is 9.73. The smallest absolute Gasteiger partial charge is 0.0345 e. The quantitative estimate of drug-likeness (QED) is 0.618. The summed E-state index contributed by atoms with van der Waals surface area (Å²) in [4.78, 5) is 0. The summed E-state index contributed by atoms with van der Waals surface area (Å²) in [7, 11) is 7.98. The SMILES string of the molecule is CC1(SCl)C2CCCCC2C2CCCCC21. The van der Waals surface area contributed by atoms with Crippen molar-refractivity contribution < 1.29 is 0 Å². The van der Waals surface area contributed by atoms with Crippen LogP contribution in [-0.4, -0.2) is 4.75 Å². The second-order valence-corrected chi connectivity index (χ2v) is 7.87. The van der Waals surface area contributed by atoms with E-state index in [1.807, 2.05) is 0 Å². The van der Waals surface area contributed by atoms with Gasteiger partial charge >= 0.3 is 0 Å². The molecule has 0 heterocycles. The number of halogens is 1. The molecule has 0 aromatic heterocycles. The van der Waals surface area contributed by atoms with Crippen LogP contribution >= 0.6 is 21.7 Å². The van der Waals surface area contributed by atoms with Gasteiger partial charge in [-0.3, -0.25) is 0 Å². The van der Waals surface area contributed by atoms with Gasteiger partial charge in [0.15, 0.2) is 0 Å². The highest BCUT2D eigenvalue weighted by atomic mass is 35.7. The molecule has 92 valence electrons. The molecule has 0 radical (unpaired) electrons. The Balaban J connectivity index is 1.92. The monoisotopic (exact) mass is 258 g/mol. The zero-order valence-electron chi connectivity index (χ0n) is 10.3. The molecule has 3 fully saturated rings. The van der Waals surface area contributed by atoms with E-state index < -0.39 is 0 Å². The molecule has 3 rings (SSSR count). The third-order valence-electron chi connectivity index (χ3n) is 5.83. The average molecular weight is 259 g/mol. The fraction of sp³-hybridized carbons (Fsp3) is 1.00. The standard InChI is InChI=1S/C14H23ClS/c1-14(16-15)12-8-4-2-6-10(12)11-7-3-5-9-13(11)14/h10-13H,2-9H2,1H3. The van der Waals surface area contributed by atoms with Gasteiger partial charge in [0.25, 0.3) is 0 Å². The maximum Gasteiger partial charge on any atom is 0.0345 e. The fourth-order valence-corrected chi connectivity index (χ4v) is 6.66. The molecule has 3 saturated carbocycles. The molecule has 4 unspecified atom stereocenters. The number of fused-ring (bicyclic) bond motifs is 3. The van der Waals surface area contributed by atoms with Crippen molar-refractivity contribution in [3.63, 3.8) is 0 Å². The van der Waals surface area contributed by atoms with Gasteiger partial charge in [-0.05, 0) is 77.9 Å². The molecule has 3 aliphatic rings. The van der Waals surface area contributed by atoms with Gasteiger partial charge in [-0.1, -0.05) is 25.7 Å². The van der Waals surface area contributed by atoms with Crippen molar-refractivity contribution in [3.05, 3.63) is 0 Å². The van der Waals surface area contributed by atoms with Crippen LogP contribution in [0, 0.1) is 23.7 Å². The largest absolute Gasteiger partial charge is 0.0530 e. The summed E-state index contributed by atoms with van der Waals surface area (Å²) in [6, 6.07) is 0. The van der Waals surface area contributed by atoms with Gasteiger partial charge in [-0.15, -0.1) is 0 Å². The van der Waals surface area contributed by atoms with E-state index in [-0.39, 0.29) is 0 Å². The Labute approximate surface area is 108 Å². The minimum absolute atomic E-state index is 0.401. The van der Waals surface area contributed by atoms with Crippen LogP contribution in [0.25, 0.3) is 0 Å². The van der Waals surface area contributed by atoms with E-state index in [0.29, 0.717) is 4.75 Å².